The van der Waals surface area contributed by atoms with Crippen LogP contribution in [0, 0.1) is 17.8 Å². The number of fused-ring (bicyclic) bond motifs is 1. The van der Waals surface area contributed by atoms with Gasteiger partial charge in [-0.25, -0.2) is 0 Å². The van der Waals surface area contributed by atoms with Crippen LogP contribution < -0.4 is 0 Å². The molecule has 2 fully saturated rings. The Labute approximate surface area is 64.0 Å². The minimum atomic E-state index is 1.16. The lowest BCUT2D eigenvalue weighted by Crippen LogP contribution is -1.97. The second-order valence-electron chi connectivity index (χ2n) is 4.14. The Hall–Kier alpha value is 0. The van der Waals surface area contributed by atoms with Crippen LogP contribution in [0.5, 0.6) is 0 Å². The third-order valence-corrected chi connectivity index (χ3v) is 3.42. The number of hydrogen-bond acceptors (Lipinski definition) is 0. The van der Waals surface area contributed by atoms with Gasteiger partial charge in [-0.1, -0.05) is 26.2 Å². The third kappa shape index (κ3) is 1.09. The summed E-state index contributed by atoms with van der Waals surface area (Å²) < 4.78 is 0. The highest BCUT2D eigenvalue weighted by molar-refractivity contribution is 4.97. The highest BCUT2D eigenvalue weighted by Crippen LogP contribution is 2.56. The second-order valence-corrected chi connectivity index (χ2v) is 4.14. The van der Waals surface area contributed by atoms with Crippen molar-refractivity contribution >= 4 is 0 Å². The van der Waals surface area contributed by atoms with E-state index in [0.29, 0.717) is 0 Å². The summed E-state index contributed by atoms with van der Waals surface area (Å²) in [5, 5.41) is 0. The van der Waals surface area contributed by atoms with Gasteiger partial charge in [0.2, 0.25) is 0 Å². The Morgan fingerprint density at radius 2 is 2.20 bits per heavy atom. The minimum Gasteiger partial charge on any atom is -0.0654 e. The van der Waals surface area contributed by atoms with Crippen molar-refractivity contribution in [2.24, 2.45) is 17.8 Å². The molecule has 0 N–H and O–H groups in total. The SMILES string of the molecule is CCCCC1CCC2CC12. The zero-order valence-corrected chi connectivity index (χ0v) is 6.97. The van der Waals surface area contributed by atoms with E-state index in [-0.39, 0.29) is 0 Å². The summed E-state index contributed by atoms with van der Waals surface area (Å²) in [5.74, 6) is 3.55. The second kappa shape index (κ2) is 2.56. The van der Waals surface area contributed by atoms with Crippen molar-refractivity contribution in [1.29, 1.82) is 0 Å². The Bertz CT molecular complexity index is 117. The number of hydrogen-bond donors (Lipinski definition) is 0. The predicted octanol–water partition coefficient (Wildman–Crippen LogP) is 3.22. The topological polar surface area (TPSA) is 0 Å². The first-order valence-electron chi connectivity index (χ1n) is 4.92. The molecule has 0 heterocycles. The van der Waals surface area contributed by atoms with E-state index in [2.05, 4.69) is 6.92 Å². The van der Waals surface area contributed by atoms with E-state index < -0.39 is 0 Å². The van der Waals surface area contributed by atoms with Crippen molar-refractivity contribution in [1.82, 2.24) is 0 Å². The van der Waals surface area contributed by atoms with E-state index in [1.165, 1.54) is 31.1 Å². The van der Waals surface area contributed by atoms with Gasteiger partial charge in [-0.3, -0.25) is 0 Å². The molecule has 0 spiro atoms. The van der Waals surface area contributed by atoms with Crippen LogP contribution >= 0.6 is 0 Å². The Morgan fingerprint density at radius 3 is 2.70 bits per heavy atom. The molecule has 0 radical (unpaired) electrons. The van der Waals surface area contributed by atoms with Gasteiger partial charge in [-0.15, -0.1) is 0 Å². The van der Waals surface area contributed by atoms with Gasteiger partial charge in [0.1, 0.15) is 0 Å². The Balaban J connectivity index is 1.72. The summed E-state index contributed by atoms with van der Waals surface area (Å²) in [6, 6.07) is 0. The van der Waals surface area contributed by atoms with E-state index in [1.54, 1.807) is 19.3 Å². The lowest BCUT2D eigenvalue weighted by atomic mass is 9.97. The Morgan fingerprint density at radius 1 is 1.30 bits per heavy atom. The van der Waals surface area contributed by atoms with E-state index in [4.69, 9.17) is 0 Å². The van der Waals surface area contributed by atoms with E-state index in [1.807, 2.05) is 0 Å². The summed E-state index contributed by atoms with van der Waals surface area (Å²) in [6.45, 7) is 2.30. The fourth-order valence-electron chi connectivity index (χ4n) is 2.65. The molecular formula is C10H18. The zero-order valence-electron chi connectivity index (χ0n) is 6.97. The maximum absolute atomic E-state index is 2.30. The lowest BCUT2D eigenvalue weighted by molar-refractivity contribution is 0.428. The van der Waals surface area contributed by atoms with E-state index in [9.17, 15) is 0 Å². The summed E-state index contributed by atoms with van der Waals surface area (Å²) >= 11 is 0. The van der Waals surface area contributed by atoms with Crippen molar-refractivity contribution in [3.63, 3.8) is 0 Å². The van der Waals surface area contributed by atoms with Crippen LogP contribution in [0.4, 0.5) is 0 Å². The summed E-state index contributed by atoms with van der Waals surface area (Å²) in [7, 11) is 0. The van der Waals surface area contributed by atoms with Gasteiger partial charge in [0.25, 0.3) is 0 Å². The molecule has 0 heteroatoms. The van der Waals surface area contributed by atoms with Crippen molar-refractivity contribution in [2.45, 2.75) is 45.4 Å². The quantitative estimate of drug-likeness (QED) is 0.561. The first kappa shape index (κ1) is 6.69. The molecular weight excluding hydrogens is 120 g/mol. The maximum Gasteiger partial charge on any atom is -0.0355 e. The fraction of sp³-hybridized carbons (Fsp3) is 1.00. The predicted molar refractivity (Wildman–Crippen MR) is 43.8 cm³/mol. The molecule has 2 saturated carbocycles. The monoisotopic (exact) mass is 138 g/mol. The van der Waals surface area contributed by atoms with Crippen molar-refractivity contribution in [2.75, 3.05) is 0 Å². The first-order chi connectivity index (χ1) is 4.92. The Kier molecular flexibility index (Phi) is 1.71. The van der Waals surface area contributed by atoms with Gasteiger partial charge in [0.05, 0.1) is 0 Å². The van der Waals surface area contributed by atoms with Crippen LogP contribution in [-0.2, 0) is 0 Å². The largest absolute Gasteiger partial charge is 0.0654 e. The van der Waals surface area contributed by atoms with Crippen LogP contribution in [0.3, 0.4) is 0 Å². The maximum atomic E-state index is 2.30. The van der Waals surface area contributed by atoms with Crippen LogP contribution in [0.2, 0.25) is 0 Å². The van der Waals surface area contributed by atoms with Crippen LogP contribution in [0.25, 0.3) is 0 Å². The molecule has 3 unspecified atom stereocenters. The van der Waals surface area contributed by atoms with Gasteiger partial charge < -0.3 is 0 Å². The highest BCUT2D eigenvalue weighted by atomic mass is 14.5. The van der Waals surface area contributed by atoms with Crippen molar-refractivity contribution in [3.05, 3.63) is 0 Å². The molecule has 0 amide bonds. The molecule has 10 heavy (non-hydrogen) atoms. The molecule has 0 aromatic carbocycles. The molecule has 3 atom stereocenters. The molecule has 0 bridgehead atoms. The van der Waals surface area contributed by atoms with Gasteiger partial charge in [0.15, 0.2) is 0 Å². The summed E-state index contributed by atoms with van der Waals surface area (Å²) in [4.78, 5) is 0. The summed E-state index contributed by atoms with van der Waals surface area (Å²) in [5.41, 5.74) is 0. The van der Waals surface area contributed by atoms with Crippen LogP contribution in [0.15, 0.2) is 0 Å². The number of rotatable bonds is 3. The van der Waals surface area contributed by atoms with E-state index >= 15 is 0 Å². The van der Waals surface area contributed by atoms with Crippen LogP contribution in [-0.4, -0.2) is 0 Å². The highest BCUT2D eigenvalue weighted by Gasteiger charge is 2.46. The average molecular weight is 138 g/mol. The molecule has 58 valence electrons. The molecule has 0 nitrogen and oxygen atoms in total. The normalized spacial score (nSPS) is 43.5. The third-order valence-electron chi connectivity index (χ3n) is 3.42. The van der Waals surface area contributed by atoms with E-state index in [0.717, 1.165) is 5.92 Å². The molecule has 0 aromatic rings. The van der Waals surface area contributed by atoms with Gasteiger partial charge in [-0.05, 0) is 37.0 Å². The minimum absolute atomic E-state index is 1.16. The van der Waals surface area contributed by atoms with Crippen LogP contribution in [0.1, 0.15) is 45.4 Å². The smallest absolute Gasteiger partial charge is 0.0355 e. The standard InChI is InChI=1S/C10H18/c1-2-3-4-8-5-6-9-7-10(8)9/h8-10H,2-7H2,1H3. The molecule has 2 rings (SSSR count). The molecule has 0 aromatic heterocycles. The first-order valence-corrected chi connectivity index (χ1v) is 4.92. The van der Waals surface area contributed by atoms with Gasteiger partial charge in [-0.2, -0.15) is 0 Å². The van der Waals surface area contributed by atoms with Gasteiger partial charge >= 0.3 is 0 Å². The molecule has 2 aliphatic rings. The molecule has 0 aliphatic heterocycles. The van der Waals surface area contributed by atoms with Crippen molar-refractivity contribution < 1.29 is 0 Å². The molecule has 0 saturated heterocycles. The van der Waals surface area contributed by atoms with Crippen molar-refractivity contribution in [3.8, 4) is 0 Å². The summed E-state index contributed by atoms with van der Waals surface area (Å²) in [6.07, 6.45) is 9.14. The molecule has 2 aliphatic carbocycles. The fourth-order valence-corrected chi connectivity index (χ4v) is 2.65. The average Bonchev–Trinajstić information content (AvgIpc) is 2.63. The zero-order chi connectivity index (χ0) is 6.97. The number of unbranched alkanes of at least 4 members (excludes halogenated alkanes) is 1. The lowest BCUT2D eigenvalue weighted by Gasteiger charge is -2.09. The van der Waals surface area contributed by atoms with Gasteiger partial charge in [0, 0.05) is 0 Å².